The number of aryl methyl sites for hydroxylation is 2. The van der Waals surface area contributed by atoms with E-state index in [1.807, 2.05) is 6.20 Å². The van der Waals surface area contributed by atoms with Gasteiger partial charge in [0, 0.05) is 32.2 Å². The summed E-state index contributed by atoms with van der Waals surface area (Å²) in [6, 6.07) is 16.5. The number of nitrogens with zero attached hydrogens (tertiary/aromatic N) is 1. The molecule has 4 heteroatoms. The van der Waals surface area contributed by atoms with Crippen LogP contribution < -0.4 is 0 Å². The fraction of sp³-hybridized carbons (Fsp3) is 0.545. The van der Waals surface area contributed by atoms with Crippen molar-refractivity contribution in [1.82, 2.24) is 4.98 Å². The zero-order chi connectivity index (χ0) is 26.0. The molecule has 3 nitrogen and oxygen atoms in total. The van der Waals surface area contributed by atoms with Gasteiger partial charge in [0.15, 0.2) is 0 Å². The van der Waals surface area contributed by atoms with Gasteiger partial charge in [-0.3, -0.25) is 0 Å². The first-order valence-corrected chi connectivity index (χ1v) is 13.9. The van der Waals surface area contributed by atoms with Crippen molar-refractivity contribution in [3.05, 3.63) is 65.4 Å². The maximum absolute atomic E-state index is 10.3. The summed E-state index contributed by atoms with van der Waals surface area (Å²) in [6.45, 7) is 12.9. The summed E-state index contributed by atoms with van der Waals surface area (Å²) in [5.74, 6) is 2.07. The molecule has 0 spiro atoms. The summed E-state index contributed by atoms with van der Waals surface area (Å²) in [6.07, 6.45) is 7.12. The monoisotopic (exact) mass is 679 g/mol. The Hall–Kier alpha value is -1.58. The molecular formula is C33H44IrNO2-. The van der Waals surface area contributed by atoms with Crippen LogP contribution >= 0.6 is 0 Å². The van der Waals surface area contributed by atoms with E-state index < -0.39 is 0 Å². The van der Waals surface area contributed by atoms with Gasteiger partial charge in [0.25, 0.3) is 0 Å². The van der Waals surface area contributed by atoms with Gasteiger partial charge in [-0.1, -0.05) is 66.2 Å². The number of rotatable bonds is 3. The minimum absolute atomic E-state index is 0. The van der Waals surface area contributed by atoms with Crippen LogP contribution in [0.4, 0.5) is 0 Å². The van der Waals surface area contributed by atoms with Gasteiger partial charge in [0.2, 0.25) is 0 Å². The van der Waals surface area contributed by atoms with E-state index in [1.54, 1.807) is 0 Å². The van der Waals surface area contributed by atoms with E-state index in [2.05, 4.69) is 89.0 Å². The Balaban J connectivity index is 0.000000211. The molecule has 4 unspecified atom stereocenters. The molecule has 0 saturated heterocycles. The molecule has 2 N–H and O–H groups in total. The van der Waals surface area contributed by atoms with E-state index in [0.29, 0.717) is 23.7 Å². The van der Waals surface area contributed by atoms with Gasteiger partial charge in [0.1, 0.15) is 0 Å². The van der Waals surface area contributed by atoms with Crippen LogP contribution in [0, 0.1) is 43.6 Å². The second kappa shape index (κ2) is 13.0. The molecule has 0 aliphatic heterocycles. The number of aromatic nitrogens is 1. The van der Waals surface area contributed by atoms with E-state index in [1.165, 1.54) is 34.7 Å². The third-order valence-corrected chi connectivity index (χ3v) is 8.68. The molecule has 2 saturated carbocycles. The fourth-order valence-corrected chi connectivity index (χ4v) is 6.47. The average Bonchev–Trinajstić information content (AvgIpc) is 2.85. The number of aliphatic hydroxyl groups is 2. The molecule has 1 radical (unpaired) electrons. The number of pyridine rings is 1. The molecule has 3 aromatic rings. The van der Waals surface area contributed by atoms with Gasteiger partial charge < -0.3 is 15.2 Å². The zero-order valence-corrected chi connectivity index (χ0v) is 25.7. The van der Waals surface area contributed by atoms with E-state index in [0.717, 1.165) is 36.1 Å². The van der Waals surface area contributed by atoms with Gasteiger partial charge in [-0.15, -0.1) is 34.9 Å². The summed E-state index contributed by atoms with van der Waals surface area (Å²) in [7, 11) is 0. The molecule has 2 aliphatic carbocycles. The standard InChI is InChI=1S/C20H20N.C13H24O2.Ir/c1-13(2)16-5-6-19-17(12-16)7-8-21-20(19)18-10-14(3)9-15(4)11-18;1-3-9-6-7-10-5-4-8(2)12(14)11(10)13(9)15;/h5-10,12-13H,1-4H3;8-15H,3-7H2,1-2H3;/q-1;;/t;8-,9+,10?,11?,12?,13?;/m.0./s1. The first-order valence-electron chi connectivity index (χ1n) is 13.9. The summed E-state index contributed by atoms with van der Waals surface area (Å²) in [4.78, 5) is 4.60. The van der Waals surface area contributed by atoms with Crippen molar-refractivity contribution in [3.63, 3.8) is 0 Å². The molecule has 5 rings (SSSR count). The quantitative estimate of drug-likeness (QED) is 0.280. The van der Waals surface area contributed by atoms with Crippen molar-refractivity contribution >= 4 is 10.8 Å². The van der Waals surface area contributed by atoms with Crippen molar-refractivity contribution in [2.24, 2.45) is 23.7 Å². The van der Waals surface area contributed by atoms with Crippen molar-refractivity contribution in [2.75, 3.05) is 0 Å². The summed E-state index contributed by atoms with van der Waals surface area (Å²) in [5.41, 5.74) is 5.87. The Labute approximate surface area is 237 Å². The van der Waals surface area contributed by atoms with E-state index >= 15 is 0 Å². The number of hydrogen-bond donors (Lipinski definition) is 2. The molecule has 2 aliphatic rings. The Morgan fingerprint density at radius 1 is 0.973 bits per heavy atom. The number of aliphatic hydroxyl groups excluding tert-OH is 2. The molecule has 37 heavy (non-hydrogen) atoms. The van der Waals surface area contributed by atoms with E-state index in [9.17, 15) is 10.2 Å². The number of benzene rings is 2. The summed E-state index contributed by atoms with van der Waals surface area (Å²) < 4.78 is 0. The minimum Gasteiger partial charge on any atom is -0.392 e. The molecule has 2 fully saturated rings. The third kappa shape index (κ3) is 6.71. The Bertz CT molecular complexity index is 1150. The van der Waals surface area contributed by atoms with Crippen LogP contribution in [0.1, 0.15) is 82.4 Å². The largest absolute Gasteiger partial charge is 0.392 e. The average molecular weight is 679 g/mol. The maximum Gasteiger partial charge on any atom is 0.0623 e. The predicted octanol–water partition coefficient (Wildman–Crippen LogP) is 7.63. The normalized spacial score (nSPS) is 27.2. The van der Waals surface area contributed by atoms with Crippen LogP contribution in [-0.4, -0.2) is 27.4 Å². The predicted molar refractivity (Wildman–Crippen MR) is 150 cm³/mol. The molecule has 0 bridgehead atoms. The van der Waals surface area contributed by atoms with Gasteiger partial charge >= 0.3 is 0 Å². The smallest absolute Gasteiger partial charge is 0.0623 e. The first kappa shape index (κ1) is 30.0. The molecule has 2 aromatic carbocycles. The summed E-state index contributed by atoms with van der Waals surface area (Å²) in [5, 5.41) is 22.9. The first-order chi connectivity index (χ1) is 17.2. The van der Waals surface area contributed by atoms with Crippen LogP contribution in [0.15, 0.2) is 42.6 Å². The van der Waals surface area contributed by atoms with Gasteiger partial charge in [-0.05, 0) is 77.5 Å². The molecule has 6 atom stereocenters. The Morgan fingerprint density at radius 2 is 1.70 bits per heavy atom. The van der Waals surface area contributed by atoms with E-state index in [-0.39, 0.29) is 38.2 Å². The second-order valence-corrected chi connectivity index (χ2v) is 11.7. The molecule has 1 heterocycles. The third-order valence-electron chi connectivity index (χ3n) is 8.68. The summed E-state index contributed by atoms with van der Waals surface area (Å²) >= 11 is 0. The fourth-order valence-electron chi connectivity index (χ4n) is 6.47. The SMILES string of the molecule is CC[C@@H]1CCC2CC[C@H](C)C(O)C2C1O.Cc1[c-]c(-c2nccc3cc(C(C)C)ccc23)cc(C)c1.[Ir]. The Kier molecular flexibility index (Phi) is 10.5. The Morgan fingerprint density at radius 3 is 2.38 bits per heavy atom. The molecular weight excluding hydrogens is 635 g/mol. The number of fused-ring (bicyclic) bond motifs is 2. The van der Waals surface area contributed by atoms with Crippen LogP contribution in [0.5, 0.6) is 0 Å². The second-order valence-electron chi connectivity index (χ2n) is 11.7. The van der Waals surface area contributed by atoms with Crippen LogP contribution in [0.2, 0.25) is 0 Å². The minimum atomic E-state index is -0.270. The zero-order valence-electron chi connectivity index (χ0n) is 23.3. The van der Waals surface area contributed by atoms with Crippen LogP contribution in [-0.2, 0) is 20.1 Å². The van der Waals surface area contributed by atoms with Crippen molar-refractivity contribution in [1.29, 1.82) is 0 Å². The molecule has 0 amide bonds. The van der Waals surface area contributed by atoms with Gasteiger partial charge in [-0.2, -0.15) is 0 Å². The van der Waals surface area contributed by atoms with Crippen molar-refractivity contribution in [3.8, 4) is 11.3 Å². The van der Waals surface area contributed by atoms with Crippen molar-refractivity contribution in [2.45, 2.75) is 91.8 Å². The number of hydrogen-bond acceptors (Lipinski definition) is 3. The maximum atomic E-state index is 10.3. The molecule has 203 valence electrons. The molecule has 1 aromatic heterocycles. The van der Waals surface area contributed by atoms with E-state index in [4.69, 9.17) is 0 Å². The van der Waals surface area contributed by atoms with Crippen LogP contribution in [0.25, 0.3) is 22.0 Å². The van der Waals surface area contributed by atoms with Crippen molar-refractivity contribution < 1.29 is 30.3 Å². The topological polar surface area (TPSA) is 53.4 Å². The van der Waals surface area contributed by atoms with Crippen LogP contribution in [0.3, 0.4) is 0 Å². The van der Waals surface area contributed by atoms with Gasteiger partial charge in [0.05, 0.1) is 12.2 Å². The van der Waals surface area contributed by atoms with Gasteiger partial charge in [-0.25, -0.2) is 0 Å².